The van der Waals surface area contributed by atoms with Crippen LogP contribution in [0.4, 0.5) is 0 Å². The monoisotopic (exact) mass is 223 g/mol. The van der Waals surface area contributed by atoms with Crippen LogP contribution in [0.25, 0.3) is 0 Å². The third kappa shape index (κ3) is 6.47. The van der Waals surface area contributed by atoms with Gasteiger partial charge in [-0.2, -0.15) is 0 Å². The topological polar surface area (TPSA) is 121 Å². The molecule has 7 nitrogen and oxygen atoms in total. The summed E-state index contributed by atoms with van der Waals surface area (Å²) in [6.07, 6.45) is -0.449. The highest BCUT2D eigenvalue weighted by Gasteiger charge is 2.20. The van der Waals surface area contributed by atoms with Crippen LogP contribution in [0.2, 0.25) is 0 Å². The van der Waals surface area contributed by atoms with Crippen molar-refractivity contribution in [2.45, 2.75) is 12.5 Å². The molecule has 14 heavy (non-hydrogen) atoms. The smallest absolute Gasteiger partial charge is 0.334 e. The van der Waals surface area contributed by atoms with Crippen LogP contribution in [0.3, 0.4) is 0 Å². The number of carbonyl (C=O) groups excluding carboxylic acids is 3. The van der Waals surface area contributed by atoms with Gasteiger partial charge in [0.25, 0.3) is 0 Å². The Morgan fingerprint density at radius 3 is 2.36 bits per heavy atom. The van der Waals surface area contributed by atoms with Crippen LogP contribution >= 0.6 is 7.60 Å². The van der Waals surface area contributed by atoms with Gasteiger partial charge in [0.15, 0.2) is 0 Å². The Hall–Kier alpha value is -1.04. The molecule has 0 saturated carbocycles. The Balaban J connectivity index is 4.09. The van der Waals surface area contributed by atoms with E-state index in [0.717, 1.165) is 0 Å². The van der Waals surface area contributed by atoms with Crippen molar-refractivity contribution in [3.63, 3.8) is 0 Å². The second kappa shape index (κ2) is 5.64. The molecular weight excluding hydrogens is 213 g/mol. The highest BCUT2D eigenvalue weighted by Crippen LogP contribution is 2.33. The summed E-state index contributed by atoms with van der Waals surface area (Å²) in [5.41, 5.74) is 0. The van der Waals surface area contributed by atoms with E-state index in [9.17, 15) is 18.9 Å². The first-order valence-corrected chi connectivity index (χ1v) is 5.41. The van der Waals surface area contributed by atoms with Crippen LogP contribution < -0.4 is 5.32 Å². The van der Waals surface area contributed by atoms with E-state index in [1.807, 2.05) is 5.32 Å². The van der Waals surface area contributed by atoms with Gasteiger partial charge in [-0.25, -0.2) is 0 Å². The second-order valence-electron chi connectivity index (χ2n) is 2.54. The summed E-state index contributed by atoms with van der Waals surface area (Å²) < 4.78 is 10.3. The fourth-order valence-electron chi connectivity index (χ4n) is 0.692. The van der Waals surface area contributed by atoms with Crippen molar-refractivity contribution in [2.75, 3.05) is 6.16 Å². The van der Waals surface area contributed by atoms with Gasteiger partial charge in [0.2, 0.25) is 5.91 Å². The Labute approximate surface area is 79.6 Å². The molecule has 0 aromatic heterocycles. The van der Waals surface area contributed by atoms with Crippen LogP contribution in [-0.4, -0.2) is 40.5 Å². The summed E-state index contributed by atoms with van der Waals surface area (Å²) in [4.78, 5) is 47.8. The maximum Gasteiger partial charge on any atom is 0.334 e. The number of carbonyl (C=O) groups is 3. The Morgan fingerprint density at radius 2 is 2.00 bits per heavy atom. The molecule has 1 amide bonds. The zero-order valence-corrected chi connectivity index (χ0v) is 8.02. The lowest BCUT2D eigenvalue weighted by Gasteiger charge is -2.09. The lowest BCUT2D eigenvalue weighted by atomic mass is 10.2. The quantitative estimate of drug-likeness (QED) is 0.369. The lowest BCUT2D eigenvalue weighted by Crippen LogP contribution is -2.37. The molecule has 0 heterocycles. The number of rotatable bonds is 6. The fourth-order valence-corrected chi connectivity index (χ4v) is 1.16. The average Bonchev–Trinajstić information content (AvgIpc) is 2.00. The van der Waals surface area contributed by atoms with E-state index >= 15 is 0 Å². The lowest BCUT2D eigenvalue weighted by molar-refractivity contribution is -0.122. The molecule has 80 valence electrons. The Morgan fingerprint density at radius 1 is 1.43 bits per heavy atom. The second-order valence-corrected chi connectivity index (χ2v) is 4.18. The SMILES string of the molecule is O=CC[C@@H](C=O)NC(=O)CP(=O)(O)O. The molecule has 0 bridgehead atoms. The van der Waals surface area contributed by atoms with E-state index < -0.39 is 25.7 Å². The van der Waals surface area contributed by atoms with E-state index in [2.05, 4.69) is 0 Å². The summed E-state index contributed by atoms with van der Waals surface area (Å²) in [5.74, 6) is -0.961. The van der Waals surface area contributed by atoms with Crippen LogP contribution in [0.15, 0.2) is 0 Å². The predicted molar refractivity (Wildman–Crippen MR) is 45.6 cm³/mol. The molecular formula is C6H10NO6P. The van der Waals surface area contributed by atoms with E-state index in [1.54, 1.807) is 0 Å². The Bertz CT molecular complexity index is 271. The van der Waals surface area contributed by atoms with Gasteiger partial charge in [-0.1, -0.05) is 0 Å². The summed E-state index contributed by atoms with van der Waals surface area (Å²) >= 11 is 0. The molecule has 0 aromatic carbocycles. The molecule has 0 spiro atoms. The molecule has 8 heteroatoms. The molecule has 0 saturated heterocycles. The predicted octanol–water partition coefficient (Wildman–Crippen LogP) is -1.56. The van der Waals surface area contributed by atoms with Crippen molar-refractivity contribution in [2.24, 2.45) is 0 Å². The summed E-state index contributed by atoms with van der Waals surface area (Å²) in [6, 6.07) is -1.02. The molecule has 0 aromatic rings. The largest absolute Gasteiger partial charge is 0.346 e. The molecule has 1 atom stereocenters. The number of aldehydes is 2. The third-order valence-corrected chi connectivity index (χ3v) is 1.91. The zero-order chi connectivity index (χ0) is 11.2. The molecule has 0 unspecified atom stereocenters. The molecule has 0 radical (unpaired) electrons. The summed E-state index contributed by atoms with van der Waals surface area (Å²) in [6.45, 7) is 0. The van der Waals surface area contributed by atoms with Crippen molar-refractivity contribution in [3.05, 3.63) is 0 Å². The third-order valence-electron chi connectivity index (χ3n) is 1.21. The number of amides is 1. The first kappa shape index (κ1) is 13.0. The molecule has 3 N–H and O–H groups in total. The zero-order valence-electron chi connectivity index (χ0n) is 7.12. The van der Waals surface area contributed by atoms with Crippen molar-refractivity contribution >= 4 is 26.1 Å². The first-order valence-electron chi connectivity index (χ1n) is 3.62. The molecule has 0 aliphatic heterocycles. The van der Waals surface area contributed by atoms with Gasteiger partial charge in [-0.05, 0) is 0 Å². The molecule has 0 aliphatic rings. The first-order chi connectivity index (χ1) is 6.39. The highest BCUT2D eigenvalue weighted by atomic mass is 31.2. The van der Waals surface area contributed by atoms with E-state index in [0.29, 0.717) is 12.6 Å². The minimum Gasteiger partial charge on any atom is -0.346 e. The highest BCUT2D eigenvalue weighted by molar-refractivity contribution is 7.52. The van der Waals surface area contributed by atoms with Gasteiger partial charge in [-0.3, -0.25) is 9.36 Å². The van der Waals surface area contributed by atoms with Crippen molar-refractivity contribution in [1.29, 1.82) is 0 Å². The molecule has 0 aliphatic carbocycles. The van der Waals surface area contributed by atoms with Crippen LogP contribution in [-0.2, 0) is 18.9 Å². The Kier molecular flexibility index (Phi) is 5.22. The van der Waals surface area contributed by atoms with Gasteiger partial charge in [0, 0.05) is 6.42 Å². The normalized spacial score (nSPS) is 13.0. The summed E-state index contributed by atoms with van der Waals surface area (Å²) in [7, 11) is -4.42. The van der Waals surface area contributed by atoms with Crippen LogP contribution in [0, 0.1) is 0 Å². The fraction of sp³-hybridized carbons (Fsp3) is 0.500. The van der Waals surface area contributed by atoms with Gasteiger partial charge in [0.05, 0.1) is 6.04 Å². The maximum absolute atomic E-state index is 10.8. The van der Waals surface area contributed by atoms with Gasteiger partial charge >= 0.3 is 7.60 Å². The average molecular weight is 223 g/mol. The molecule has 0 fully saturated rings. The van der Waals surface area contributed by atoms with Crippen LogP contribution in [0.5, 0.6) is 0 Å². The summed E-state index contributed by atoms with van der Waals surface area (Å²) in [5, 5.41) is 1.99. The molecule has 0 rings (SSSR count). The van der Waals surface area contributed by atoms with Crippen molar-refractivity contribution in [1.82, 2.24) is 5.32 Å². The van der Waals surface area contributed by atoms with Gasteiger partial charge < -0.3 is 24.7 Å². The number of hydrogen-bond acceptors (Lipinski definition) is 4. The van der Waals surface area contributed by atoms with Gasteiger partial charge in [0.1, 0.15) is 18.7 Å². The van der Waals surface area contributed by atoms with Crippen molar-refractivity contribution < 1.29 is 28.7 Å². The van der Waals surface area contributed by atoms with E-state index in [-0.39, 0.29) is 6.42 Å². The van der Waals surface area contributed by atoms with Crippen LogP contribution in [0.1, 0.15) is 6.42 Å². The number of nitrogens with one attached hydrogen (secondary N) is 1. The minimum atomic E-state index is -4.42. The van der Waals surface area contributed by atoms with Crippen molar-refractivity contribution in [3.8, 4) is 0 Å². The van der Waals surface area contributed by atoms with Gasteiger partial charge in [-0.15, -0.1) is 0 Å². The minimum absolute atomic E-state index is 0.212. The van der Waals surface area contributed by atoms with E-state index in [1.165, 1.54) is 0 Å². The van der Waals surface area contributed by atoms with E-state index in [4.69, 9.17) is 9.79 Å². The standard InChI is InChI=1S/C6H10NO6P/c8-2-1-5(3-9)7-6(10)4-14(11,12)13/h2-3,5H,1,4H2,(H,7,10)(H2,11,12,13)/t5-/m0/s1. The maximum atomic E-state index is 10.8. The number of hydrogen-bond donors (Lipinski definition) is 3.